The van der Waals surface area contributed by atoms with Crippen LogP contribution in [0, 0.1) is 0 Å². The van der Waals surface area contributed by atoms with Crippen molar-refractivity contribution in [2.24, 2.45) is 0 Å². The van der Waals surface area contributed by atoms with Crippen molar-refractivity contribution in [2.75, 3.05) is 6.61 Å². The van der Waals surface area contributed by atoms with Crippen LogP contribution in [0.4, 0.5) is 0 Å². The van der Waals surface area contributed by atoms with Crippen molar-refractivity contribution >= 4 is 43.5 Å². The number of thioether (sulfide) groups is 1. The molecule has 42 heavy (non-hydrogen) atoms. The van der Waals surface area contributed by atoms with Gasteiger partial charge in [-0.05, 0) is 11.1 Å². The maximum Gasteiger partial charge on any atom is 0.476 e. The summed E-state index contributed by atoms with van der Waals surface area (Å²) in [4.78, 5) is 47.9. The van der Waals surface area contributed by atoms with E-state index in [2.05, 4.69) is 0 Å². The molecule has 1 fully saturated rings. The Morgan fingerprint density at radius 1 is 0.667 bits per heavy atom. The van der Waals surface area contributed by atoms with Gasteiger partial charge in [-0.3, -0.25) is 32.7 Å². The molecule has 0 saturated carbocycles. The molecule has 2 aromatic carbocycles. The van der Waals surface area contributed by atoms with Gasteiger partial charge in [-0.1, -0.05) is 60.7 Å². The van der Waals surface area contributed by atoms with Gasteiger partial charge >= 0.3 is 31.7 Å². The summed E-state index contributed by atoms with van der Waals surface area (Å²) in [6.07, 6.45) is -4.07. The predicted molar refractivity (Wildman–Crippen MR) is 150 cm³/mol. The second-order valence-electron chi connectivity index (χ2n) is 9.14. The summed E-state index contributed by atoms with van der Waals surface area (Å²) in [5.41, 5.74) is 0.0128. The molecule has 0 N–H and O–H groups in total. The van der Waals surface area contributed by atoms with E-state index in [0.717, 1.165) is 32.5 Å². The lowest BCUT2D eigenvalue weighted by atomic mass is 10.0. The SMILES string of the molecule is CC(=O)OC[C@H]1S[C@H](OP(=O)(OCc2ccccc2)OCc2ccccc2)[C@@H](OC(C)=O)[C@@H](OC(C)=O)[C@@H]1OC(C)=O. The third-order valence-corrected chi connectivity index (χ3v) is 8.55. The van der Waals surface area contributed by atoms with Gasteiger partial charge < -0.3 is 18.9 Å². The molecular weight excluding hydrogens is 591 g/mol. The molecule has 0 radical (unpaired) electrons. The van der Waals surface area contributed by atoms with Gasteiger partial charge in [0.05, 0.1) is 18.5 Å². The highest BCUT2D eigenvalue weighted by Crippen LogP contribution is 2.55. The number of carbonyl (C=O) groups is 4. The van der Waals surface area contributed by atoms with Gasteiger partial charge in [0.1, 0.15) is 6.61 Å². The number of rotatable bonds is 13. The van der Waals surface area contributed by atoms with Crippen molar-refractivity contribution in [3.8, 4) is 0 Å². The molecule has 1 aliphatic heterocycles. The molecule has 0 unspecified atom stereocenters. The molecule has 3 rings (SSSR count). The van der Waals surface area contributed by atoms with Crippen LogP contribution in [-0.2, 0) is 69.5 Å². The Hall–Kier alpha value is -3.22. The van der Waals surface area contributed by atoms with Crippen LogP contribution >= 0.6 is 19.6 Å². The lowest BCUT2D eigenvalue weighted by Gasteiger charge is -2.44. The monoisotopic (exact) mass is 624 g/mol. The minimum Gasteiger partial charge on any atom is -0.465 e. The summed E-state index contributed by atoms with van der Waals surface area (Å²) in [5.74, 6) is -2.91. The fourth-order valence-electron chi connectivity index (χ4n) is 3.95. The van der Waals surface area contributed by atoms with Crippen molar-refractivity contribution in [2.45, 2.75) is 69.9 Å². The molecule has 0 spiro atoms. The normalized spacial score (nSPS) is 22.0. The predicted octanol–water partition coefficient (Wildman–Crippen LogP) is 4.34. The number of carbonyl (C=O) groups excluding carboxylic acids is 4. The highest BCUT2D eigenvalue weighted by atomic mass is 32.2. The van der Waals surface area contributed by atoms with Gasteiger partial charge in [0.15, 0.2) is 23.7 Å². The first-order valence-corrected chi connectivity index (χ1v) is 15.3. The fourth-order valence-corrected chi connectivity index (χ4v) is 6.88. The van der Waals surface area contributed by atoms with E-state index >= 15 is 0 Å². The third-order valence-electron chi connectivity index (χ3n) is 5.65. The topological polar surface area (TPSA) is 150 Å². The maximum atomic E-state index is 14.1. The van der Waals surface area contributed by atoms with Crippen molar-refractivity contribution in [3.63, 3.8) is 0 Å². The quantitative estimate of drug-likeness (QED) is 0.177. The van der Waals surface area contributed by atoms with E-state index in [0.29, 0.717) is 11.1 Å². The summed E-state index contributed by atoms with van der Waals surface area (Å²) < 4.78 is 53.1. The molecule has 1 aliphatic rings. The summed E-state index contributed by atoms with van der Waals surface area (Å²) in [7, 11) is -4.44. The van der Waals surface area contributed by atoms with Gasteiger partial charge in [-0.25, -0.2) is 4.57 Å². The van der Waals surface area contributed by atoms with E-state index in [4.69, 9.17) is 32.5 Å². The van der Waals surface area contributed by atoms with E-state index < -0.39 is 60.7 Å². The van der Waals surface area contributed by atoms with E-state index in [-0.39, 0.29) is 19.8 Å². The zero-order valence-electron chi connectivity index (χ0n) is 23.5. The maximum absolute atomic E-state index is 14.1. The first-order chi connectivity index (χ1) is 20.0. The van der Waals surface area contributed by atoms with Crippen LogP contribution in [0.5, 0.6) is 0 Å². The van der Waals surface area contributed by atoms with E-state index in [1.54, 1.807) is 48.5 Å². The molecule has 14 heteroatoms. The second-order valence-corrected chi connectivity index (χ2v) is 12.1. The van der Waals surface area contributed by atoms with Gasteiger partial charge in [-0.15, -0.1) is 11.8 Å². The van der Waals surface area contributed by atoms with Crippen LogP contribution in [0.1, 0.15) is 38.8 Å². The van der Waals surface area contributed by atoms with Crippen molar-refractivity contribution in [3.05, 3.63) is 71.8 Å². The molecule has 0 amide bonds. The smallest absolute Gasteiger partial charge is 0.465 e. The Bertz CT molecular complexity index is 1210. The number of benzene rings is 2. The summed E-state index contributed by atoms with van der Waals surface area (Å²) in [6, 6.07) is 17.8. The highest BCUT2D eigenvalue weighted by molar-refractivity contribution is 8.00. The number of phosphoric ester groups is 1. The first-order valence-electron chi connectivity index (χ1n) is 12.9. The molecule has 0 aromatic heterocycles. The molecule has 1 heterocycles. The minimum atomic E-state index is -4.44. The Balaban J connectivity index is 1.98. The average Bonchev–Trinajstić information content (AvgIpc) is 2.93. The molecule has 5 atom stereocenters. The van der Waals surface area contributed by atoms with Gasteiger partial charge in [0.25, 0.3) is 0 Å². The first kappa shape index (κ1) is 33.3. The Morgan fingerprint density at radius 3 is 1.57 bits per heavy atom. The zero-order chi connectivity index (χ0) is 30.7. The van der Waals surface area contributed by atoms with Gasteiger partial charge in [0.2, 0.25) is 0 Å². The number of ether oxygens (including phenoxy) is 4. The molecule has 228 valence electrons. The van der Waals surface area contributed by atoms with Crippen molar-refractivity contribution < 1.29 is 56.3 Å². The van der Waals surface area contributed by atoms with Crippen LogP contribution in [0.15, 0.2) is 60.7 Å². The lowest BCUT2D eigenvalue weighted by molar-refractivity contribution is -0.191. The van der Waals surface area contributed by atoms with E-state index in [1.165, 1.54) is 6.92 Å². The number of phosphoric acid groups is 1. The van der Waals surface area contributed by atoms with Crippen molar-refractivity contribution in [1.82, 2.24) is 0 Å². The molecule has 0 aliphatic carbocycles. The van der Waals surface area contributed by atoms with Crippen LogP contribution in [-0.4, -0.2) is 59.5 Å². The third kappa shape index (κ3) is 10.6. The summed E-state index contributed by atoms with van der Waals surface area (Å²) in [5, 5.41) is -0.893. The van der Waals surface area contributed by atoms with E-state index in [9.17, 15) is 23.7 Å². The van der Waals surface area contributed by atoms with E-state index in [1.807, 2.05) is 12.1 Å². The Kier molecular flexibility index (Phi) is 12.6. The Morgan fingerprint density at radius 2 is 1.12 bits per heavy atom. The fraction of sp³-hybridized carbons (Fsp3) is 0.429. The largest absolute Gasteiger partial charge is 0.476 e. The molecule has 2 aromatic rings. The van der Waals surface area contributed by atoms with Crippen LogP contribution in [0.3, 0.4) is 0 Å². The molecule has 12 nitrogen and oxygen atoms in total. The van der Waals surface area contributed by atoms with Crippen LogP contribution in [0.2, 0.25) is 0 Å². The molecular formula is C28H33O12PS. The van der Waals surface area contributed by atoms with Gasteiger partial charge in [0, 0.05) is 27.7 Å². The number of hydrogen-bond acceptors (Lipinski definition) is 13. The molecule has 0 bridgehead atoms. The average molecular weight is 625 g/mol. The minimum absolute atomic E-state index is 0.150. The van der Waals surface area contributed by atoms with Crippen LogP contribution in [0.25, 0.3) is 0 Å². The lowest BCUT2D eigenvalue weighted by Crippen LogP contribution is -2.59. The summed E-state index contributed by atoms with van der Waals surface area (Å²) in [6.45, 7) is 3.97. The molecule has 1 saturated heterocycles. The zero-order valence-corrected chi connectivity index (χ0v) is 25.2. The summed E-state index contributed by atoms with van der Waals surface area (Å²) >= 11 is 0.897. The standard InChI is InChI=1S/C28H33O12PS/c1-18(29)34-17-24-25(37-19(2)30)26(38-20(3)31)27(39-21(4)32)28(42-24)40-41(33,35-15-22-11-7-5-8-12-22)36-16-23-13-9-6-10-14-23/h5-14,24-28H,15-17H2,1-4H3/t24-,25-,26+,27+,28+/m1/s1. The van der Waals surface area contributed by atoms with Crippen molar-refractivity contribution in [1.29, 1.82) is 0 Å². The highest BCUT2D eigenvalue weighted by Gasteiger charge is 2.54. The second kappa shape index (κ2) is 15.9. The number of esters is 4. The van der Waals surface area contributed by atoms with Crippen LogP contribution < -0.4 is 0 Å². The number of hydrogen-bond donors (Lipinski definition) is 0. The Labute approximate surface area is 247 Å². The van der Waals surface area contributed by atoms with Gasteiger partial charge in [-0.2, -0.15) is 0 Å².